The average molecular weight is 244 g/mol. The number of rotatable bonds is 2. The van der Waals surface area contributed by atoms with Gasteiger partial charge in [0.05, 0.1) is 5.52 Å². The van der Waals surface area contributed by atoms with Crippen LogP contribution >= 0.6 is 0 Å². The summed E-state index contributed by atoms with van der Waals surface area (Å²) in [6.07, 6.45) is 0. The maximum atomic E-state index is 5.46. The van der Waals surface area contributed by atoms with E-state index in [0.717, 1.165) is 11.3 Å². The van der Waals surface area contributed by atoms with Gasteiger partial charge >= 0.3 is 0 Å². The Labute approximate surface area is 102 Å². The molecule has 0 bridgehead atoms. The molecule has 3 aromatic heterocycles. The lowest BCUT2D eigenvalue weighted by Crippen LogP contribution is -2.10. The van der Waals surface area contributed by atoms with Gasteiger partial charge in [-0.05, 0) is 12.1 Å². The van der Waals surface area contributed by atoms with Gasteiger partial charge < -0.3 is 15.6 Å². The van der Waals surface area contributed by atoms with Crippen LogP contribution in [0.2, 0.25) is 0 Å². The van der Waals surface area contributed by atoms with Crippen LogP contribution in [0, 0.1) is 0 Å². The molecule has 0 unspecified atom stereocenters. The molecule has 3 aromatic rings. The van der Waals surface area contributed by atoms with E-state index in [9.17, 15) is 0 Å². The second-order valence-corrected chi connectivity index (χ2v) is 4.06. The van der Waals surface area contributed by atoms with Crippen molar-refractivity contribution < 1.29 is 0 Å². The first-order valence-electron chi connectivity index (χ1n) is 5.36. The Morgan fingerprint density at radius 2 is 1.94 bits per heavy atom. The normalized spacial score (nSPS) is 11.0. The number of aromatic amines is 2. The largest absolute Gasteiger partial charge is 0.366 e. The molecule has 92 valence electrons. The van der Waals surface area contributed by atoms with E-state index < -0.39 is 0 Å². The molecule has 0 saturated heterocycles. The summed E-state index contributed by atoms with van der Waals surface area (Å²) in [4.78, 5) is 17.8. The Morgan fingerprint density at radius 1 is 1.11 bits per heavy atom. The predicted molar refractivity (Wildman–Crippen MR) is 68.0 cm³/mol. The van der Waals surface area contributed by atoms with Crippen molar-refractivity contribution >= 4 is 22.9 Å². The number of hydrogen-bond donors (Lipinski definition) is 3. The first kappa shape index (κ1) is 10.5. The molecule has 0 amide bonds. The molecule has 4 N–H and O–H groups in total. The molecular weight excluding hydrogens is 232 g/mol. The lowest BCUT2D eigenvalue weighted by atomic mass is 10.4. The number of nitrogen functional groups attached to an aromatic ring is 1. The van der Waals surface area contributed by atoms with Gasteiger partial charge in [0.2, 0.25) is 5.95 Å². The highest BCUT2D eigenvalue weighted by Gasteiger charge is 2.10. The number of anilines is 2. The lowest BCUT2D eigenvalue weighted by molar-refractivity contribution is 1.07. The minimum Gasteiger partial charge on any atom is -0.366 e. The molecule has 18 heavy (non-hydrogen) atoms. The fourth-order valence-corrected chi connectivity index (χ4v) is 1.62. The van der Waals surface area contributed by atoms with Crippen LogP contribution in [-0.4, -0.2) is 44.2 Å². The minimum absolute atomic E-state index is 0.187. The summed E-state index contributed by atoms with van der Waals surface area (Å²) in [5.74, 6) is 2.10. The van der Waals surface area contributed by atoms with Crippen LogP contribution in [0.4, 0.5) is 11.8 Å². The van der Waals surface area contributed by atoms with Crippen molar-refractivity contribution in [3.8, 4) is 11.6 Å². The van der Waals surface area contributed by atoms with Gasteiger partial charge in [-0.1, -0.05) is 0 Å². The molecule has 0 aliphatic carbocycles. The number of fused-ring (bicyclic) bond motifs is 1. The minimum atomic E-state index is 0.187. The second-order valence-electron chi connectivity index (χ2n) is 4.06. The molecule has 0 radical (unpaired) electrons. The summed E-state index contributed by atoms with van der Waals surface area (Å²) in [5, 5.41) is 6.46. The SMILES string of the molecule is CN(C)c1ccc2[nH]c(-c3nc(N)n[nH]3)nc2n1. The van der Waals surface area contributed by atoms with Crippen LogP contribution < -0.4 is 10.6 Å². The molecular formula is C10H12N8. The third-order valence-corrected chi connectivity index (χ3v) is 2.52. The summed E-state index contributed by atoms with van der Waals surface area (Å²) >= 11 is 0. The van der Waals surface area contributed by atoms with Gasteiger partial charge in [0.25, 0.3) is 0 Å². The summed E-state index contributed by atoms with van der Waals surface area (Å²) in [6.45, 7) is 0. The lowest BCUT2D eigenvalue weighted by Gasteiger charge is -2.09. The van der Waals surface area contributed by atoms with Gasteiger partial charge in [-0.3, -0.25) is 5.10 Å². The van der Waals surface area contributed by atoms with Gasteiger partial charge in [0, 0.05) is 14.1 Å². The van der Waals surface area contributed by atoms with Gasteiger partial charge in [0.1, 0.15) is 5.82 Å². The van der Waals surface area contributed by atoms with Crippen molar-refractivity contribution in [1.29, 1.82) is 0 Å². The van der Waals surface area contributed by atoms with Gasteiger partial charge in [0.15, 0.2) is 17.3 Å². The van der Waals surface area contributed by atoms with E-state index in [-0.39, 0.29) is 5.95 Å². The molecule has 8 heteroatoms. The van der Waals surface area contributed by atoms with E-state index in [1.165, 1.54) is 0 Å². The van der Waals surface area contributed by atoms with Gasteiger partial charge in [-0.15, -0.1) is 5.10 Å². The fraction of sp³-hybridized carbons (Fsp3) is 0.200. The number of nitrogens with two attached hydrogens (primary N) is 1. The highest BCUT2D eigenvalue weighted by Crippen LogP contribution is 2.18. The topological polar surface area (TPSA) is 112 Å². The first-order valence-corrected chi connectivity index (χ1v) is 5.36. The van der Waals surface area contributed by atoms with E-state index in [4.69, 9.17) is 5.73 Å². The monoisotopic (exact) mass is 244 g/mol. The summed E-state index contributed by atoms with van der Waals surface area (Å²) < 4.78 is 0. The van der Waals surface area contributed by atoms with Crippen molar-refractivity contribution in [3.05, 3.63) is 12.1 Å². The molecule has 0 aliphatic heterocycles. The number of hydrogen-bond acceptors (Lipinski definition) is 6. The van der Waals surface area contributed by atoms with E-state index >= 15 is 0 Å². The summed E-state index contributed by atoms with van der Waals surface area (Å²) in [5.41, 5.74) is 6.93. The number of nitrogens with one attached hydrogen (secondary N) is 2. The zero-order valence-electron chi connectivity index (χ0n) is 9.97. The van der Waals surface area contributed by atoms with Crippen molar-refractivity contribution in [3.63, 3.8) is 0 Å². The molecule has 3 rings (SSSR count). The van der Waals surface area contributed by atoms with E-state index in [0.29, 0.717) is 17.3 Å². The van der Waals surface area contributed by atoms with E-state index in [1.807, 2.05) is 31.1 Å². The van der Waals surface area contributed by atoms with Crippen molar-refractivity contribution in [2.45, 2.75) is 0 Å². The Balaban J connectivity index is 2.11. The van der Waals surface area contributed by atoms with E-state index in [1.54, 1.807) is 0 Å². The third kappa shape index (κ3) is 1.63. The quantitative estimate of drug-likeness (QED) is 0.601. The number of pyridine rings is 1. The molecule has 3 heterocycles. The van der Waals surface area contributed by atoms with E-state index in [2.05, 4.69) is 30.1 Å². The van der Waals surface area contributed by atoms with Crippen LogP contribution in [-0.2, 0) is 0 Å². The smallest absolute Gasteiger partial charge is 0.239 e. The number of H-pyrrole nitrogens is 2. The average Bonchev–Trinajstić information content (AvgIpc) is 2.93. The molecule has 0 aliphatic rings. The standard InChI is InChI=1S/C10H12N8/c1-18(2)6-4-3-5-7(13-6)14-8(12-5)9-15-10(11)17-16-9/h3-4H,1-2H3,(H,12,13,14)(H3,11,15,16,17). The highest BCUT2D eigenvalue weighted by molar-refractivity contribution is 5.76. The Kier molecular flexibility index (Phi) is 2.15. The van der Waals surface area contributed by atoms with Gasteiger partial charge in [-0.2, -0.15) is 4.98 Å². The molecule has 0 spiro atoms. The van der Waals surface area contributed by atoms with Crippen LogP contribution in [0.25, 0.3) is 22.8 Å². The van der Waals surface area contributed by atoms with Crippen molar-refractivity contribution in [2.75, 3.05) is 24.7 Å². The molecule has 0 saturated carbocycles. The number of imidazole rings is 1. The Bertz CT molecular complexity index is 695. The summed E-state index contributed by atoms with van der Waals surface area (Å²) in [6, 6.07) is 3.84. The summed E-state index contributed by atoms with van der Waals surface area (Å²) in [7, 11) is 3.86. The maximum Gasteiger partial charge on any atom is 0.239 e. The van der Waals surface area contributed by atoms with Crippen LogP contribution in [0.5, 0.6) is 0 Å². The molecule has 8 nitrogen and oxygen atoms in total. The van der Waals surface area contributed by atoms with Crippen LogP contribution in [0.3, 0.4) is 0 Å². The first-order chi connectivity index (χ1) is 8.63. The zero-order chi connectivity index (χ0) is 12.7. The number of aromatic nitrogens is 6. The maximum absolute atomic E-state index is 5.46. The van der Waals surface area contributed by atoms with Gasteiger partial charge in [-0.25, -0.2) is 9.97 Å². The Morgan fingerprint density at radius 3 is 2.61 bits per heavy atom. The van der Waals surface area contributed by atoms with Crippen LogP contribution in [0.15, 0.2) is 12.1 Å². The molecule has 0 atom stereocenters. The number of nitrogens with zero attached hydrogens (tertiary/aromatic N) is 5. The predicted octanol–water partition coefficient (Wildman–Crippen LogP) is 0.391. The fourth-order valence-electron chi connectivity index (χ4n) is 1.62. The van der Waals surface area contributed by atoms with Crippen molar-refractivity contribution in [1.82, 2.24) is 30.1 Å². The third-order valence-electron chi connectivity index (χ3n) is 2.52. The van der Waals surface area contributed by atoms with Crippen LogP contribution in [0.1, 0.15) is 0 Å². The zero-order valence-corrected chi connectivity index (χ0v) is 9.97. The highest BCUT2D eigenvalue weighted by atomic mass is 15.3. The Hall–Kier alpha value is -2.64. The molecule has 0 aromatic carbocycles. The second kappa shape index (κ2) is 3.69. The van der Waals surface area contributed by atoms with Crippen molar-refractivity contribution in [2.24, 2.45) is 0 Å². The molecule has 0 fully saturated rings.